The highest BCUT2D eigenvalue weighted by Gasteiger charge is 2.25. The highest BCUT2D eigenvalue weighted by Crippen LogP contribution is 2.43. The van der Waals surface area contributed by atoms with Crippen LogP contribution in [0.1, 0.15) is 22.9 Å². The monoisotopic (exact) mass is 732 g/mol. The lowest BCUT2D eigenvalue weighted by Crippen LogP contribution is -2.33. The number of furan rings is 2. The number of para-hydroxylation sites is 5. The van der Waals surface area contributed by atoms with Gasteiger partial charge in [0, 0.05) is 60.8 Å². The average Bonchev–Trinajstić information content (AvgIpc) is 3.96. The van der Waals surface area contributed by atoms with Crippen LogP contribution < -0.4 is 5.32 Å². The van der Waals surface area contributed by atoms with E-state index in [9.17, 15) is 0 Å². The topological polar surface area (TPSA) is 68.0 Å². The van der Waals surface area contributed by atoms with E-state index in [0.717, 1.165) is 83.2 Å². The van der Waals surface area contributed by atoms with E-state index in [4.69, 9.17) is 18.8 Å². The van der Waals surface area contributed by atoms with Crippen LogP contribution in [0, 0.1) is 0 Å². The van der Waals surface area contributed by atoms with Gasteiger partial charge in [-0.3, -0.25) is 0 Å². The summed E-state index contributed by atoms with van der Waals surface area (Å²) in [5.41, 5.74) is 11.4. The minimum atomic E-state index is -0.315. The van der Waals surface area contributed by atoms with E-state index in [1.54, 1.807) is 0 Å². The SMILES string of the molecule is c1ccc(C2=NC(c3cccc4c3oc3c(-c5cccc6c5oc5cc(-n7c8ccccc8c8ccccc87)ccc56)cccc34)=NC(c3ccccc3)N2)cc1. The Balaban J connectivity index is 1.02. The Hall–Kier alpha value is -7.70. The highest BCUT2D eigenvalue weighted by molar-refractivity contribution is 6.21. The number of hydrogen-bond acceptors (Lipinski definition) is 5. The molecule has 1 atom stereocenters. The number of aliphatic imine (C=N–C) groups is 2. The van der Waals surface area contributed by atoms with Crippen molar-refractivity contribution in [3.8, 4) is 16.8 Å². The molecule has 0 amide bonds. The van der Waals surface area contributed by atoms with Gasteiger partial charge >= 0.3 is 0 Å². The van der Waals surface area contributed by atoms with E-state index >= 15 is 0 Å². The van der Waals surface area contributed by atoms with Gasteiger partial charge in [0.2, 0.25) is 0 Å². The average molecular weight is 733 g/mol. The van der Waals surface area contributed by atoms with Crippen LogP contribution in [0.4, 0.5) is 0 Å². The molecule has 12 rings (SSSR count). The fourth-order valence-electron chi connectivity index (χ4n) is 8.67. The molecule has 4 heterocycles. The lowest BCUT2D eigenvalue weighted by Gasteiger charge is -2.23. The van der Waals surface area contributed by atoms with Gasteiger partial charge in [-0.05, 0) is 35.9 Å². The standard InChI is InChI=1S/C51H32N4O2/c1-3-14-31(15-4-1)49-52-50(32-16-5-2-6-17-32)54-51(53-49)42-25-13-24-41-40-23-12-22-39(47(40)57-48(41)42)38-21-11-20-37-36-29-28-33(30-45(36)56-46(37)38)55-43-26-9-7-18-34(43)35-19-8-10-27-44(35)55/h1-30,49H,(H,52,53,54). The Morgan fingerprint density at radius 2 is 1.00 bits per heavy atom. The Morgan fingerprint density at radius 3 is 1.68 bits per heavy atom. The second-order valence-corrected chi connectivity index (χ2v) is 14.5. The quantitative estimate of drug-likeness (QED) is 0.192. The van der Waals surface area contributed by atoms with Crippen molar-refractivity contribution in [1.29, 1.82) is 0 Å². The molecule has 1 N–H and O–H groups in total. The minimum Gasteiger partial charge on any atom is -0.455 e. The van der Waals surface area contributed by atoms with Crippen LogP contribution >= 0.6 is 0 Å². The van der Waals surface area contributed by atoms with E-state index in [1.807, 2.05) is 36.4 Å². The first kappa shape index (κ1) is 31.6. The molecule has 0 saturated heterocycles. The molecule has 11 aromatic rings. The van der Waals surface area contributed by atoms with Gasteiger partial charge in [-0.15, -0.1) is 0 Å². The summed E-state index contributed by atoms with van der Waals surface area (Å²) in [6, 6.07) is 63.1. The molecule has 1 aliphatic rings. The predicted molar refractivity (Wildman–Crippen MR) is 233 cm³/mol. The van der Waals surface area contributed by atoms with Crippen molar-refractivity contribution in [3.05, 3.63) is 199 Å². The molecule has 0 spiro atoms. The van der Waals surface area contributed by atoms with Crippen LogP contribution in [0.2, 0.25) is 0 Å². The van der Waals surface area contributed by atoms with E-state index in [-0.39, 0.29) is 6.17 Å². The first-order valence-electron chi connectivity index (χ1n) is 19.2. The van der Waals surface area contributed by atoms with E-state index in [2.05, 4.69) is 155 Å². The van der Waals surface area contributed by atoms with Crippen molar-refractivity contribution >= 4 is 77.4 Å². The maximum atomic E-state index is 6.96. The number of rotatable bonds is 5. The highest BCUT2D eigenvalue weighted by atomic mass is 16.3. The zero-order valence-electron chi connectivity index (χ0n) is 30.6. The summed E-state index contributed by atoms with van der Waals surface area (Å²) in [4.78, 5) is 10.3. The van der Waals surface area contributed by atoms with Crippen molar-refractivity contribution in [2.45, 2.75) is 6.17 Å². The molecule has 1 unspecified atom stereocenters. The first-order chi connectivity index (χ1) is 28.3. The Labute approximate surface area is 326 Å². The summed E-state index contributed by atoms with van der Waals surface area (Å²) in [5, 5.41) is 10.2. The molecule has 0 aliphatic carbocycles. The number of fused-ring (bicyclic) bond motifs is 9. The molecule has 3 aromatic heterocycles. The third-order valence-corrected chi connectivity index (χ3v) is 11.3. The molecular weight excluding hydrogens is 701 g/mol. The summed E-state index contributed by atoms with van der Waals surface area (Å²) in [6.45, 7) is 0. The fraction of sp³-hybridized carbons (Fsp3) is 0.0196. The summed E-state index contributed by atoms with van der Waals surface area (Å²) >= 11 is 0. The lowest BCUT2D eigenvalue weighted by molar-refractivity contribution is 0.661. The van der Waals surface area contributed by atoms with E-state index in [1.165, 1.54) is 21.8 Å². The van der Waals surface area contributed by atoms with Gasteiger partial charge in [0.15, 0.2) is 5.84 Å². The number of benzene rings is 8. The van der Waals surface area contributed by atoms with Crippen LogP contribution in [0.25, 0.3) is 82.5 Å². The van der Waals surface area contributed by atoms with Gasteiger partial charge in [0.1, 0.15) is 34.3 Å². The molecule has 6 heteroatoms. The zero-order chi connectivity index (χ0) is 37.5. The summed E-state index contributed by atoms with van der Waals surface area (Å²) in [7, 11) is 0. The summed E-state index contributed by atoms with van der Waals surface area (Å²) in [5.74, 6) is 1.38. The van der Waals surface area contributed by atoms with Gasteiger partial charge in [-0.2, -0.15) is 0 Å². The van der Waals surface area contributed by atoms with Crippen LogP contribution in [0.15, 0.2) is 201 Å². The zero-order valence-corrected chi connectivity index (χ0v) is 30.6. The maximum Gasteiger partial charge on any atom is 0.163 e. The second kappa shape index (κ2) is 12.4. The number of aromatic nitrogens is 1. The molecule has 1 aliphatic heterocycles. The van der Waals surface area contributed by atoms with Crippen molar-refractivity contribution in [1.82, 2.24) is 9.88 Å². The number of nitrogens with one attached hydrogen (secondary N) is 1. The predicted octanol–water partition coefficient (Wildman–Crippen LogP) is 12.7. The van der Waals surface area contributed by atoms with Crippen LogP contribution in [0.3, 0.4) is 0 Å². The number of nitrogens with zero attached hydrogens (tertiary/aromatic N) is 3. The van der Waals surface area contributed by atoms with E-state index in [0.29, 0.717) is 5.84 Å². The molecule has 8 aromatic carbocycles. The largest absolute Gasteiger partial charge is 0.455 e. The summed E-state index contributed by atoms with van der Waals surface area (Å²) < 4.78 is 16.1. The molecule has 0 radical (unpaired) electrons. The van der Waals surface area contributed by atoms with Crippen molar-refractivity contribution < 1.29 is 8.83 Å². The Morgan fingerprint density at radius 1 is 0.456 bits per heavy atom. The van der Waals surface area contributed by atoms with Crippen LogP contribution in [0.5, 0.6) is 0 Å². The minimum absolute atomic E-state index is 0.315. The second-order valence-electron chi connectivity index (χ2n) is 14.5. The van der Waals surface area contributed by atoms with Crippen LogP contribution in [-0.4, -0.2) is 16.2 Å². The van der Waals surface area contributed by atoms with Crippen LogP contribution in [-0.2, 0) is 0 Å². The van der Waals surface area contributed by atoms with E-state index < -0.39 is 0 Å². The van der Waals surface area contributed by atoms with Crippen molar-refractivity contribution in [2.75, 3.05) is 0 Å². The van der Waals surface area contributed by atoms with Gasteiger partial charge in [-0.1, -0.05) is 146 Å². The molecule has 0 bridgehead atoms. The van der Waals surface area contributed by atoms with Gasteiger partial charge in [0.05, 0.1) is 16.6 Å². The van der Waals surface area contributed by atoms with Gasteiger partial charge in [-0.25, -0.2) is 9.98 Å². The maximum absolute atomic E-state index is 6.96. The lowest BCUT2D eigenvalue weighted by atomic mass is 9.99. The smallest absolute Gasteiger partial charge is 0.163 e. The van der Waals surface area contributed by atoms with Crippen molar-refractivity contribution in [3.63, 3.8) is 0 Å². The fourth-order valence-corrected chi connectivity index (χ4v) is 8.67. The number of amidine groups is 2. The molecule has 0 saturated carbocycles. The molecule has 6 nitrogen and oxygen atoms in total. The normalized spacial score (nSPS) is 14.5. The molecule has 0 fully saturated rings. The molecular formula is C51H32N4O2. The third-order valence-electron chi connectivity index (χ3n) is 11.3. The molecule has 268 valence electrons. The Kier molecular flexibility index (Phi) is 6.89. The third kappa shape index (κ3) is 4.90. The first-order valence-corrected chi connectivity index (χ1v) is 19.2. The molecule has 57 heavy (non-hydrogen) atoms. The van der Waals surface area contributed by atoms with Crippen molar-refractivity contribution in [2.24, 2.45) is 9.98 Å². The van der Waals surface area contributed by atoms with Gasteiger partial charge < -0.3 is 18.7 Å². The Bertz CT molecular complexity index is 3390. The van der Waals surface area contributed by atoms with Gasteiger partial charge in [0.25, 0.3) is 0 Å². The summed E-state index contributed by atoms with van der Waals surface area (Å²) in [6.07, 6.45) is -0.315. The number of hydrogen-bond donors (Lipinski definition) is 1.